The lowest BCUT2D eigenvalue weighted by Crippen LogP contribution is -2.46. The van der Waals surface area contributed by atoms with Gasteiger partial charge in [-0.15, -0.1) is 0 Å². The number of alkyl halides is 4. The van der Waals surface area contributed by atoms with Crippen molar-refractivity contribution in [3.63, 3.8) is 0 Å². The van der Waals surface area contributed by atoms with Gasteiger partial charge in [-0.2, -0.15) is 23.4 Å². The van der Waals surface area contributed by atoms with Gasteiger partial charge >= 0.3 is 6.18 Å². The maximum absolute atomic E-state index is 14.6. The first kappa shape index (κ1) is 27.0. The summed E-state index contributed by atoms with van der Waals surface area (Å²) >= 11 is 0. The van der Waals surface area contributed by atoms with Crippen molar-refractivity contribution in [2.75, 3.05) is 32.0 Å². The van der Waals surface area contributed by atoms with Crippen LogP contribution in [0.15, 0.2) is 30.6 Å². The molecule has 0 radical (unpaired) electrons. The summed E-state index contributed by atoms with van der Waals surface area (Å²) in [5.41, 5.74) is 0.527. The number of nitrogens with one attached hydrogen (secondary N) is 2. The highest BCUT2D eigenvalue weighted by molar-refractivity contribution is 5.93. The standard InChI is InChI=1S/C27H31F4N7O/c1-17(18-8-9-18)37-15-19(14-33-37)26(39)32-11-4-5-22-20(13-27(29,30)31)24-6-3-7-25(38(24)35-22)34-23-10-12-36(2)16-21(23)28/h3,6-7,14-15,17-18,21,23,34H,8-13,16H2,1-2H3,(H,32,39)/t17?,21-,23+/m0/s1. The lowest BCUT2D eigenvalue weighted by atomic mass is 10.0. The smallest absolute Gasteiger partial charge is 0.364 e. The van der Waals surface area contributed by atoms with E-state index in [2.05, 4.69) is 39.6 Å². The summed E-state index contributed by atoms with van der Waals surface area (Å²) in [5, 5.41) is 14.4. The predicted molar refractivity (Wildman–Crippen MR) is 138 cm³/mol. The van der Waals surface area contributed by atoms with Gasteiger partial charge in [0.25, 0.3) is 5.91 Å². The van der Waals surface area contributed by atoms with Gasteiger partial charge in [-0.05, 0) is 57.2 Å². The Morgan fingerprint density at radius 3 is 2.77 bits per heavy atom. The third kappa shape index (κ3) is 6.36. The normalized spacial score (nSPS) is 20.9. The van der Waals surface area contributed by atoms with Crippen molar-refractivity contribution in [1.29, 1.82) is 0 Å². The van der Waals surface area contributed by atoms with Crippen LogP contribution in [0.4, 0.5) is 23.4 Å². The van der Waals surface area contributed by atoms with Crippen molar-refractivity contribution >= 4 is 17.2 Å². The van der Waals surface area contributed by atoms with Crippen molar-refractivity contribution in [2.24, 2.45) is 5.92 Å². The first-order valence-corrected chi connectivity index (χ1v) is 13.1. The Labute approximate surface area is 223 Å². The molecule has 1 amide bonds. The van der Waals surface area contributed by atoms with Crippen LogP contribution in [-0.4, -0.2) is 75.3 Å². The number of carbonyl (C=O) groups excluding carboxylic acids is 1. The Kier molecular flexibility index (Phi) is 7.53. The van der Waals surface area contributed by atoms with Crippen LogP contribution >= 0.6 is 0 Å². The number of amides is 1. The Morgan fingerprint density at radius 1 is 1.26 bits per heavy atom. The lowest BCUT2D eigenvalue weighted by Gasteiger charge is -2.33. The van der Waals surface area contributed by atoms with Gasteiger partial charge in [0, 0.05) is 24.8 Å². The van der Waals surface area contributed by atoms with Crippen molar-refractivity contribution in [3.8, 4) is 11.8 Å². The van der Waals surface area contributed by atoms with Gasteiger partial charge in [-0.25, -0.2) is 8.91 Å². The summed E-state index contributed by atoms with van der Waals surface area (Å²) in [6.45, 7) is 2.96. The third-order valence-corrected chi connectivity index (χ3v) is 7.34. The van der Waals surface area contributed by atoms with E-state index in [1.165, 1.54) is 16.8 Å². The molecule has 2 aliphatic rings. The van der Waals surface area contributed by atoms with Crippen LogP contribution in [0.25, 0.3) is 5.52 Å². The highest BCUT2D eigenvalue weighted by Crippen LogP contribution is 2.39. The number of pyridine rings is 1. The zero-order valence-electron chi connectivity index (χ0n) is 21.8. The van der Waals surface area contributed by atoms with E-state index in [0.29, 0.717) is 30.3 Å². The molecule has 0 aromatic carbocycles. The summed E-state index contributed by atoms with van der Waals surface area (Å²) in [4.78, 5) is 14.4. The molecule has 208 valence electrons. The van der Waals surface area contributed by atoms with Crippen LogP contribution in [-0.2, 0) is 6.42 Å². The largest absolute Gasteiger partial charge is 0.393 e. The van der Waals surface area contributed by atoms with Crippen LogP contribution in [0, 0.1) is 17.8 Å². The zero-order chi connectivity index (χ0) is 27.7. The number of piperidine rings is 1. The molecule has 3 aromatic heterocycles. The second-order valence-corrected chi connectivity index (χ2v) is 10.4. The number of likely N-dealkylation sites (tertiary alicyclic amines) is 1. The molecule has 5 rings (SSSR count). The molecule has 1 saturated carbocycles. The fourth-order valence-corrected chi connectivity index (χ4v) is 4.94. The van der Waals surface area contributed by atoms with Crippen LogP contribution in [0.2, 0.25) is 0 Å². The molecule has 3 aromatic rings. The van der Waals surface area contributed by atoms with E-state index in [1.54, 1.807) is 23.0 Å². The highest BCUT2D eigenvalue weighted by atomic mass is 19.4. The molecular formula is C27H31F4N7O. The number of aromatic nitrogens is 4. The molecule has 8 nitrogen and oxygen atoms in total. The Morgan fingerprint density at radius 2 is 2.05 bits per heavy atom. The number of nitrogens with zero attached hydrogens (tertiary/aromatic N) is 5. The number of anilines is 1. The molecule has 39 heavy (non-hydrogen) atoms. The first-order valence-electron chi connectivity index (χ1n) is 13.1. The monoisotopic (exact) mass is 545 g/mol. The maximum Gasteiger partial charge on any atom is 0.393 e. The predicted octanol–water partition coefficient (Wildman–Crippen LogP) is 3.84. The van der Waals surface area contributed by atoms with E-state index in [-0.39, 0.29) is 41.8 Å². The Hall–Kier alpha value is -3.59. The summed E-state index contributed by atoms with van der Waals surface area (Å²) in [6, 6.07) is 4.55. The van der Waals surface area contributed by atoms with Gasteiger partial charge in [-0.3, -0.25) is 9.48 Å². The van der Waals surface area contributed by atoms with E-state index in [9.17, 15) is 22.4 Å². The van der Waals surface area contributed by atoms with Crippen LogP contribution in [0.1, 0.15) is 53.8 Å². The maximum atomic E-state index is 14.6. The van der Waals surface area contributed by atoms with Crippen molar-refractivity contribution in [1.82, 2.24) is 29.6 Å². The van der Waals surface area contributed by atoms with E-state index in [1.807, 2.05) is 11.9 Å². The number of fused-ring (bicyclic) bond motifs is 1. The summed E-state index contributed by atoms with van der Waals surface area (Å²) in [5.74, 6) is 6.03. The third-order valence-electron chi connectivity index (χ3n) is 7.34. The molecular weight excluding hydrogens is 514 g/mol. The molecule has 0 bridgehead atoms. The van der Waals surface area contributed by atoms with Crippen LogP contribution in [0.5, 0.6) is 0 Å². The first-order chi connectivity index (χ1) is 18.6. The molecule has 1 saturated heterocycles. The van der Waals surface area contributed by atoms with Crippen molar-refractivity contribution in [3.05, 3.63) is 47.4 Å². The SMILES string of the molecule is CC(C1CC1)n1cc(C(=O)NCC#Cc2nn3c(N[C@@H]4CCN(C)C[C@@H]4F)cccc3c2CC(F)(F)F)cn1. The molecule has 2 N–H and O–H groups in total. The number of hydrogen-bond acceptors (Lipinski definition) is 5. The highest BCUT2D eigenvalue weighted by Gasteiger charge is 2.33. The minimum absolute atomic E-state index is 0.0397. The molecule has 2 fully saturated rings. The van der Waals surface area contributed by atoms with Gasteiger partial charge in [-0.1, -0.05) is 12.0 Å². The van der Waals surface area contributed by atoms with Crippen molar-refractivity contribution < 1.29 is 22.4 Å². The number of hydrogen-bond donors (Lipinski definition) is 2. The fourth-order valence-electron chi connectivity index (χ4n) is 4.94. The molecule has 12 heteroatoms. The molecule has 1 unspecified atom stereocenters. The van der Waals surface area contributed by atoms with Gasteiger partial charge < -0.3 is 15.5 Å². The number of rotatable bonds is 7. The topological polar surface area (TPSA) is 79.5 Å². The van der Waals surface area contributed by atoms with Gasteiger partial charge in [0.2, 0.25) is 0 Å². The number of carbonyl (C=O) groups is 1. The summed E-state index contributed by atoms with van der Waals surface area (Å²) in [6.07, 6.45) is -0.774. The van der Waals surface area contributed by atoms with Crippen LogP contribution < -0.4 is 10.6 Å². The zero-order valence-corrected chi connectivity index (χ0v) is 21.8. The fraction of sp³-hybridized carbons (Fsp3) is 0.519. The second-order valence-electron chi connectivity index (χ2n) is 10.4. The van der Waals surface area contributed by atoms with Crippen molar-refractivity contribution in [2.45, 2.75) is 57.0 Å². The van der Waals surface area contributed by atoms with E-state index < -0.39 is 24.8 Å². The van der Waals surface area contributed by atoms with E-state index in [4.69, 9.17) is 0 Å². The Bertz CT molecular complexity index is 1400. The van der Waals surface area contributed by atoms with E-state index >= 15 is 0 Å². The molecule has 4 heterocycles. The molecule has 3 atom stereocenters. The van der Waals surface area contributed by atoms with Gasteiger partial charge in [0.05, 0.1) is 42.3 Å². The summed E-state index contributed by atoms with van der Waals surface area (Å²) in [7, 11) is 1.84. The second kappa shape index (κ2) is 10.9. The van der Waals surface area contributed by atoms with Gasteiger partial charge in [0.15, 0.2) is 0 Å². The minimum Gasteiger partial charge on any atom is -0.364 e. The molecule has 0 spiro atoms. The average molecular weight is 546 g/mol. The van der Waals surface area contributed by atoms with Crippen LogP contribution in [0.3, 0.4) is 0 Å². The number of halogens is 4. The van der Waals surface area contributed by atoms with Gasteiger partial charge in [0.1, 0.15) is 17.7 Å². The molecule has 1 aliphatic heterocycles. The summed E-state index contributed by atoms with van der Waals surface area (Å²) < 4.78 is 58.1. The quantitative estimate of drug-likeness (QED) is 0.349. The Balaban J connectivity index is 1.33. The van der Waals surface area contributed by atoms with E-state index in [0.717, 1.165) is 12.8 Å². The lowest BCUT2D eigenvalue weighted by molar-refractivity contribution is -0.127. The molecule has 1 aliphatic carbocycles. The average Bonchev–Trinajstić information content (AvgIpc) is 3.51. The minimum atomic E-state index is -4.48.